The van der Waals surface area contributed by atoms with Crippen LogP contribution in [0.2, 0.25) is 0 Å². The summed E-state index contributed by atoms with van der Waals surface area (Å²) in [7, 11) is 0. The maximum Gasteiger partial charge on any atom is 0.141 e. The van der Waals surface area contributed by atoms with Gasteiger partial charge in [0, 0.05) is 21.7 Å². The van der Waals surface area contributed by atoms with E-state index in [2.05, 4.69) is 76.2 Å². The lowest BCUT2D eigenvalue weighted by Gasteiger charge is -2.48. The molecule has 6 rings (SSSR count). The van der Waals surface area contributed by atoms with E-state index in [1.54, 1.807) is 0 Å². The molecule has 0 atom stereocenters. The predicted octanol–water partition coefficient (Wildman–Crippen LogP) is 6.57. The third-order valence-electron chi connectivity index (χ3n) is 12.2. The molecule has 0 bridgehead atoms. The first kappa shape index (κ1) is 38.8. The van der Waals surface area contributed by atoms with E-state index in [1.807, 2.05) is 12.1 Å². The molecular weight excluding hydrogens is 648 g/mol. The average molecular weight is 711 g/mol. The minimum Gasteiger partial charge on any atom is -0.380 e. The first-order valence-electron chi connectivity index (χ1n) is 19.2. The zero-order valence-electron chi connectivity index (χ0n) is 31.6. The van der Waals surface area contributed by atoms with Crippen LogP contribution in [0.4, 0.5) is 0 Å². The Morgan fingerprint density at radius 3 is 0.882 bits per heavy atom. The van der Waals surface area contributed by atoms with E-state index in [4.69, 9.17) is 42.6 Å². The summed E-state index contributed by atoms with van der Waals surface area (Å²) < 4.78 is 57.5. The van der Waals surface area contributed by atoms with Gasteiger partial charge in [0.1, 0.15) is 11.2 Å². The molecule has 0 spiro atoms. The maximum atomic E-state index is 7.77. The van der Waals surface area contributed by atoms with Gasteiger partial charge in [-0.2, -0.15) is 0 Å². The quantitative estimate of drug-likeness (QED) is 0.120. The standard InChI is InChI=1S/C42H62O9/c1-5-37(19-43-20-37)27-47-31-41(35-15-11-9-12-16-35,32-48-28-38(6-2)21-44-22-38)51-42(36-17-13-10-14-18-36,33-49-29-39(7-3)23-45-24-39)34-50-30-40(8-4)25-46-26-40/h9-18H,5-8,19-34H2,1-4H3. The number of rotatable bonds is 24. The second-order valence-corrected chi connectivity index (χ2v) is 16.2. The Morgan fingerprint density at radius 2 is 0.686 bits per heavy atom. The van der Waals surface area contributed by atoms with Gasteiger partial charge in [-0.1, -0.05) is 88.4 Å². The second kappa shape index (κ2) is 17.0. The Hall–Kier alpha value is -1.92. The Balaban J connectivity index is 1.37. The number of ether oxygens (including phenoxy) is 9. The lowest BCUT2D eigenvalue weighted by molar-refractivity contribution is -0.269. The van der Waals surface area contributed by atoms with E-state index in [0.717, 1.165) is 36.8 Å². The fraction of sp³-hybridized carbons (Fsp3) is 0.714. The minimum atomic E-state index is -0.993. The molecule has 0 aliphatic carbocycles. The molecule has 9 heteroatoms. The molecule has 0 saturated carbocycles. The Morgan fingerprint density at radius 1 is 0.431 bits per heavy atom. The molecular formula is C42H62O9. The highest BCUT2D eigenvalue weighted by Crippen LogP contribution is 2.42. The van der Waals surface area contributed by atoms with Crippen molar-refractivity contribution < 1.29 is 42.6 Å². The monoisotopic (exact) mass is 710 g/mol. The lowest BCUT2D eigenvalue weighted by atomic mass is 9.83. The van der Waals surface area contributed by atoms with Crippen LogP contribution in [0.1, 0.15) is 64.5 Å². The van der Waals surface area contributed by atoms with Crippen LogP contribution < -0.4 is 0 Å². The van der Waals surface area contributed by atoms with Crippen molar-refractivity contribution in [2.45, 2.75) is 64.6 Å². The Kier molecular flexibility index (Phi) is 13.0. The Labute approximate surface area is 305 Å². The van der Waals surface area contributed by atoms with Crippen molar-refractivity contribution in [1.29, 1.82) is 0 Å². The largest absolute Gasteiger partial charge is 0.380 e. The molecule has 0 aromatic heterocycles. The van der Waals surface area contributed by atoms with Crippen LogP contribution in [0.5, 0.6) is 0 Å². The molecule has 4 saturated heterocycles. The molecule has 9 nitrogen and oxygen atoms in total. The van der Waals surface area contributed by atoms with Crippen LogP contribution in [0.3, 0.4) is 0 Å². The van der Waals surface area contributed by atoms with E-state index in [0.29, 0.717) is 106 Å². The third-order valence-corrected chi connectivity index (χ3v) is 12.2. The van der Waals surface area contributed by atoms with Crippen molar-refractivity contribution in [2.24, 2.45) is 21.7 Å². The summed E-state index contributed by atoms with van der Waals surface area (Å²) >= 11 is 0. The summed E-state index contributed by atoms with van der Waals surface area (Å²) in [6.45, 7) is 18.0. The molecule has 4 aliphatic heterocycles. The molecule has 4 heterocycles. The smallest absolute Gasteiger partial charge is 0.141 e. The minimum absolute atomic E-state index is 0.0141. The molecule has 51 heavy (non-hydrogen) atoms. The summed E-state index contributed by atoms with van der Waals surface area (Å²) in [5.41, 5.74) is 0.0534. The summed E-state index contributed by atoms with van der Waals surface area (Å²) in [5.74, 6) is 0. The van der Waals surface area contributed by atoms with Crippen molar-refractivity contribution in [1.82, 2.24) is 0 Å². The van der Waals surface area contributed by atoms with Gasteiger partial charge in [-0.25, -0.2) is 0 Å². The van der Waals surface area contributed by atoms with Crippen LogP contribution in [0.15, 0.2) is 60.7 Å². The lowest BCUT2D eigenvalue weighted by Crippen LogP contribution is -2.54. The molecule has 2 aromatic rings. The number of hydrogen-bond donors (Lipinski definition) is 0. The van der Waals surface area contributed by atoms with Crippen LogP contribution in [0.25, 0.3) is 0 Å². The summed E-state index contributed by atoms with van der Waals surface area (Å²) in [6, 6.07) is 20.9. The zero-order valence-corrected chi connectivity index (χ0v) is 31.6. The molecule has 0 N–H and O–H groups in total. The molecule has 4 fully saturated rings. The van der Waals surface area contributed by atoms with E-state index in [1.165, 1.54) is 0 Å². The third kappa shape index (κ3) is 8.74. The van der Waals surface area contributed by atoms with Crippen LogP contribution in [-0.2, 0) is 53.8 Å². The van der Waals surface area contributed by atoms with Crippen molar-refractivity contribution in [3.63, 3.8) is 0 Å². The molecule has 284 valence electrons. The highest BCUT2D eigenvalue weighted by atomic mass is 16.6. The van der Waals surface area contributed by atoms with Gasteiger partial charge in [0.15, 0.2) is 0 Å². The van der Waals surface area contributed by atoms with Crippen molar-refractivity contribution in [3.05, 3.63) is 71.8 Å². The van der Waals surface area contributed by atoms with E-state index in [9.17, 15) is 0 Å². The van der Waals surface area contributed by atoms with Gasteiger partial charge in [-0.05, 0) is 36.8 Å². The van der Waals surface area contributed by atoms with Gasteiger partial charge in [0.2, 0.25) is 0 Å². The molecule has 4 aliphatic rings. The van der Waals surface area contributed by atoms with Crippen molar-refractivity contribution in [3.8, 4) is 0 Å². The predicted molar refractivity (Wildman–Crippen MR) is 195 cm³/mol. The topological polar surface area (TPSA) is 83.1 Å². The average Bonchev–Trinajstić information content (AvgIpc) is 3.10. The SMILES string of the molecule is CCC1(COCC(COCC2(CC)COC2)(OC(COCC2(CC)COC2)(COCC2(CC)COC2)c2ccccc2)c2ccccc2)COC1. The van der Waals surface area contributed by atoms with Crippen LogP contribution >= 0.6 is 0 Å². The highest BCUT2D eigenvalue weighted by Gasteiger charge is 2.49. The van der Waals surface area contributed by atoms with Gasteiger partial charge in [0.05, 0.1) is 106 Å². The maximum absolute atomic E-state index is 7.77. The van der Waals surface area contributed by atoms with E-state index >= 15 is 0 Å². The van der Waals surface area contributed by atoms with Gasteiger partial charge in [-0.3, -0.25) is 0 Å². The Bertz CT molecular complexity index is 1140. The summed E-state index contributed by atoms with van der Waals surface area (Å²) in [5, 5.41) is 0. The first-order valence-corrected chi connectivity index (χ1v) is 19.2. The molecule has 0 radical (unpaired) electrons. The number of hydrogen-bond acceptors (Lipinski definition) is 9. The highest BCUT2D eigenvalue weighted by molar-refractivity contribution is 5.28. The van der Waals surface area contributed by atoms with Crippen molar-refractivity contribution >= 4 is 0 Å². The first-order chi connectivity index (χ1) is 24.8. The second-order valence-electron chi connectivity index (χ2n) is 16.2. The van der Waals surface area contributed by atoms with Gasteiger partial charge < -0.3 is 42.6 Å². The van der Waals surface area contributed by atoms with Crippen LogP contribution in [0, 0.1) is 21.7 Å². The van der Waals surface area contributed by atoms with Crippen molar-refractivity contribution in [2.75, 3.05) is 106 Å². The zero-order chi connectivity index (χ0) is 35.7. The summed E-state index contributed by atoms with van der Waals surface area (Å²) in [4.78, 5) is 0. The normalized spacial score (nSPS) is 21.6. The van der Waals surface area contributed by atoms with Gasteiger partial charge in [-0.15, -0.1) is 0 Å². The molecule has 0 amide bonds. The van der Waals surface area contributed by atoms with Gasteiger partial charge >= 0.3 is 0 Å². The fourth-order valence-electron chi connectivity index (χ4n) is 7.36. The number of benzene rings is 2. The molecule has 0 unspecified atom stereocenters. The van der Waals surface area contributed by atoms with E-state index in [-0.39, 0.29) is 21.7 Å². The van der Waals surface area contributed by atoms with Crippen LogP contribution in [-0.4, -0.2) is 106 Å². The fourth-order valence-corrected chi connectivity index (χ4v) is 7.36. The van der Waals surface area contributed by atoms with E-state index < -0.39 is 11.2 Å². The molecule has 2 aromatic carbocycles. The van der Waals surface area contributed by atoms with Gasteiger partial charge in [0.25, 0.3) is 0 Å². The summed E-state index contributed by atoms with van der Waals surface area (Å²) in [6.07, 6.45) is 3.96.